The van der Waals surface area contributed by atoms with E-state index < -0.39 is 0 Å². The molecule has 0 saturated heterocycles. The van der Waals surface area contributed by atoms with E-state index in [2.05, 4.69) is 19.1 Å². The standard InChI is InChI=1S/C17H19Cl2NO/c1-3-16(20)17(12-6-4-11(2)5-7-12)21-13-8-9-14(18)15(19)10-13/h4-10,16-17H,3,20H2,1-2H3. The van der Waals surface area contributed by atoms with Gasteiger partial charge in [0, 0.05) is 12.1 Å². The maximum absolute atomic E-state index is 6.22. The highest BCUT2D eigenvalue weighted by Gasteiger charge is 2.20. The molecule has 0 fully saturated rings. The Morgan fingerprint density at radius 3 is 2.29 bits per heavy atom. The molecule has 0 saturated carbocycles. The zero-order valence-corrected chi connectivity index (χ0v) is 13.7. The molecule has 0 amide bonds. The second-order valence-corrected chi connectivity index (χ2v) is 5.91. The predicted molar refractivity (Wildman–Crippen MR) is 89.3 cm³/mol. The van der Waals surface area contributed by atoms with E-state index in [-0.39, 0.29) is 12.1 Å². The van der Waals surface area contributed by atoms with Crippen LogP contribution in [0.2, 0.25) is 10.0 Å². The Balaban J connectivity index is 2.28. The van der Waals surface area contributed by atoms with Gasteiger partial charge in [-0.2, -0.15) is 0 Å². The number of aryl methyl sites for hydroxylation is 1. The topological polar surface area (TPSA) is 35.2 Å². The van der Waals surface area contributed by atoms with Crippen LogP contribution in [-0.4, -0.2) is 6.04 Å². The minimum atomic E-state index is -0.215. The summed E-state index contributed by atoms with van der Waals surface area (Å²) in [5.74, 6) is 0.666. The molecule has 0 aliphatic carbocycles. The molecular formula is C17H19Cl2NO. The summed E-state index contributed by atoms with van der Waals surface area (Å²) in [5, 5.41) is 0.984. The highest BCUT2D eigenvalue weighted by Crippen LogP contribution is 2.30. The fraction of sp³-hybridized carbons (Fsp3) is 0.294. The van der Waals surface area contributed by atoms with Crippen molar-refractivity contribution in [1.29, 1.82) is 0 Å². The zero-order chi connectivity index (χ0) is 15.4. The van der Waals surface area contributed by atoms with Gasteiger partial charge in [0.15, 0.2) is 0 Å². The van der Waals surface area contributed by atoms with Gasteiger partial charge in [-0.1, -0.05) is 60.0 Å². The minimum Gasteiger partial charge on any atom is -0.484 e. The molecule has 0 aliphatic heterocycles. The van der Waals surface area contributed by atoms with E-state index >= 15 is 0 Å². The summed E-state index contributed by atoms with van der Waals surface area (Å²) in [6.45, 7) is 4.10. The van der Waals surface area contributed by atoms with Gasteiger partial charge in [-0.05, 0) is 31.0 Å². The number of halogens is 2. The molecule has 4 heteroatoms. The lowest BCUT2D eigenvalue weighted by atomic mass is 10.00. The molecule has 2 rings (SSSR count). The van der Waals surface area contributed by atoms with Crippen molar-refractivity contribution < 1.29 is 4.74 Å². The van der Waals surface area contributed by atoms with Crippen molar-refractivity contribution in [3.8, 4) is 5.75 Å². The van der Waals surface area contributed by atoms with Gasteiger partial charge in [0.25, 0.3) is 0 Å². The quantitative estimate of drug-likeness (QED) is 0.824. The summed E-state index contributed by atoms with van der Waals surface area (Å²) in [5.41, 5.74) is 8.48. The Morgan fingerprint density at radius 1 is 1.05 bits per heavy atom. The van der Waals surface area contributed by atoms with Crippen LogP contribution in [0.5, 0.6) is 5.75 Å². The van der Waals surface area contributed by atoms with Crippen molar-refractivity contribution in [2.45, 2.75) is 32.4 Å². The summed E-state index contributed by atoms with van der Waals surface area (Å²) in [6, 6.07) is 13.4. The summed E-state index contributed by atoms with van der Waals surface area (Å²) in [6.07, 6.45) is 0.604. The summed E-state index contributed by atoms with van der Waals surface area (Å²) >= 11 is 12.0. The molecule has 2 aromatic carbocycles. The monoisotopic (exact) mass is 323 g/mol. The second-order valence-electron chi connectivity index (χ2n) is 5.10. The van der Waals surface area contributed by atoms with Crippen molar-refractivity contribution in [2.75, 3.05) is 0 Å². The van der Waals surface area contributed by atoms with Crippen LogP contribution in [0, 0.1) is 6.92 Å². The lowest BCUT2D eigenvalue weighted by Gasteiger charge is -2.25. The molecule has 0 aromatic heterocycles. The molecule has 0 heterocycles. The number of nitrogens with two attached hydrogens (primary N) is 1. The highest BCUT2D eigenvalue weighted by molar-refractivity contribution is 6.42. The van der Waals surface area contributed by atoms with Gasteiger partial charge in [-0.3, -0.25) is 0 Å². The number of ether oxygens (including phenoxy) is 1. The van der Waals surface area contributed by atoms with E-state index in [0.717, 1.165) is 12.0 Å². The average Bonchev–Trinajstić information content (AvgIpc) is 2.48. The number of benzene rings is 2. The van der Waals surface area contributed by atoms with Crippen molar-refractivity contribution >= 4 is 23.2 Å². The Morgan fingerprint density at radius 2 is 1.71 bits per heavy atom. The molecule has 2 nitrogen and oxygen atoms in total. The van der Waals surface area contributed by atoms with Gasteiger partial charge in [0.05, 0.1) is 10.0 Å². The smallest absolute Gasteiger partial charge is 0.139 e. The molecule has 0 aliphatic rings. The van der Waals surface area contributed by atoms with Gasteiger partial charge in [-0.15, -0.1) is 0 Å². The molecule has 0 radical (unpaired) electrons. The van der Waals surface area contributed by atoms with E-state index in [1.54, 1.807) is 18.2 Å². The normalized spacial score (nSPS) is 13.8. The summed E-state index contributed by atoms with van der Waals surface area (Å²) in [4.78, 5) is 0. The predicted octanol–water partition coefficient (Wildman–Crippen LogP) is 5.16. The van der Waals surface area contributed by atoms with E-state index in [0.29, 0.717) is 15.8 Å². The van der Waals surface area contributed by atoms with Crippen molar-refractivity contribution in [3.63, 3.8) is 0 Å². The Labute approximate surface area is 135 Å². The van der Waals surface area contributed by atoms with Crippen LogP contribution in [0.25, 0.3) is 0 Å². The third-order valence-electron chi connectivity index (χ3n) is 3.42. The Hall–Kier alpha value is -1.22. The molecule has 2 unspecified atom stereocenters. The van der Waals surface area contributed by atoms with Crippen LogP contribution in [0.3, 0.4) is 0 Å². The third-order valence-corrected chi connectivity index (χ3v) is 4.16. The van der Waals surface area contributed by atoms with E-state index in [1.165, 1.54) is 5.56 Å². The first-order chi connectivity index (χ1) is 10.0. The van der Waals surface area contributed by atoms with Gasteiger partial charge >= 0.3 is 0 Å². The van der Waals surface area contributed by atoms with Gasteiger partial charge in [-0.25, -0.2) is 0 Å². The first-order valence-electron chi connectivity index (χ1n) is 6.95. The lowest BCUT2D eigenvalue weighted by molar-refractivity contribution is 0.171. The van der Waals surface area contributed by atoms with E-state index in [9.17, 15) is 0 Å². The molecule has 2 aromatic rings. The number of hydrogen-bond donors (Lipinski definition) is 1. The molecule has 21 heavy (non-hydrogen) atoms. The Bertz CT molecular complexity index is 598. The average molecular weight is 324 g/mol. The second kappa shape index (κ2) is 7.17. The van der Waals surface area contributed by atoms with Crippen LogP contribution in [0.1, 0.15) is 30.6 Å². The SMILES string of the molecule is CCC(N)C(Oc1ccc(Cl)c(Cl)c1)c1ccc(C)cc1. The van der Waals surface area contributed by atoms with Gasteiger partial charge in [0.1, 0.15) is 11.9 Å². The van der Waals surface area contributed by atoms with Crippen LogP contribution < -0.4 is 10.5 Å². The van der Waals surface area contributed by atoms with E-state index in [1.807, 2.05) is 19.1 Å². The minimum absolute atomic E-state index is 0.0952. The summed E-state index contributed by atoms with van der Waals surface area (Å²) in [7, 11) is 0. The first-order valence-corrected chi connectivity index (χ1v) is 7.70. The van der Waals surface area contributed by atoms with E-state index in [4.69, 9.17) is 33.7 Å². The van der Waals surface area contributed by atoms with Gasteiger partial charge < -0.3 is 10.5 Å². The third kappa shape index (κ3) is 4.13. The fourth-order valence-corrected chi connectivity index (χ4v) is 2.36. The van der Waals surface area contributed by atoms with Crippen molar-refractivity contribution in [3.05, 3.63) is 63.6 Å². The highest BCUT2D eigenvalue weighted by atomic mass is 35.5. The molecule has 0 spiro atoms. The Kier molecular flexibility index (Phi) is 5.51. The zero-order valence-electron chi connectivity index (χ0n) is 12.1. The molecule has 0 bridgehead atoms. The van der Waals surface area contributed by atoms with Crippen LogP contribution in [0.4, 0.5) is 0 Å². The van der Waals surface area contributed by atoms with Crippen LogP contribution >= 0.6 is 23.2 Å². The largest absolute Gasteiger partial charge is 0.484 e. The van der Waals surface area contributed by atoms with Crippen LogP contribution in [-0.2, 0) is 0 Å². The molecule has 112 valence electrons. The maximum Gasteiger partial charge on any atom is 0.139 e. The molecule has 2 N–H and O–H groups in total. The van der Waals surface area contributed by atoms with Crippen LogP contribution in [0.15, 0.2) is 42.5 Å². The summed E-state index contributed by atoms with van der Waals surface area (Å²) < 4.78 is 6.06. The fourth-order valence-electron chi connectivity index (χ4n) is 2.07. The number of hydrogen-bond acceptors (Lipinski definition) is 2. The first kappa shape index (κ1) is 16.2. The van der Waals surface area contributed by atoms with Crippen molar-refractivity contribution in [1.82, 2.24) is 0 Å². The lowest BCUT2D eigenvalue weighted by Crippen LogP contribution is -2.31. The molecular weight excluding hydrogens is 305 g/mol. The number of rotatable bonds is 5. The van der Waals surface area contributed by atoms with Gasteiger partial charge in [0.2, 0.25) is 0 Å². The van der Waals surface area contributed by atoms with Crippen molar-refractivity contribution in [2.24, 2.45) is 5.73 Å². The maximum atomic E-state index is 6.22. The molecule has 2 atom stereocenters.